The first-order valence-corrected chi connectivity index (χ1v) is 10.4. The quantitative estimate of drug-likeness (QED) is 0.350. The molecule has 0 aliphatic carbocycles. The zero-order valence-electron chi connectivity index (χ0n) is 18.0. The number of hydrogen-bond acceptors (Lipinski definition) is 5. The lowest BCUT2D eigenvalue weighted by atomic mass is 10.0. The maximum absolute atomic E-state index is 14.7. The van der Waals surface area contributed by atoms with E-state index in [2.05, 4.69) is 35.9 Å². The molecule has 0 aliphatic rings. The van der Waals surface area contributed by atoms with E-state index in [9.17, 15) is 9.18 Å². The predicted octanol–water partition coefficient (Wildman–Crippen LogP) is 4.79. The van der Waals surface area contributed by atoms with E-state index in [1.54, 1.807) is 18.5 Å². The smallest absolute Gasteiger partial charge is 0.321 e. The summed E-state index contributed by atoms with van der Waals surface area (Å²) in [6.45, 7) is 6.40. The van der Waals surface area contributed by atoms with Crippen molar-refractivity contribution in [2.24, 2.45) is 0 Å². The number of amides is 2. The van der Waals surface area contributed by atoms with Crippen LogP contribution in [0.1, 0.15) is 20.8 Å². The maximum atomic E-state index is 14.7. The van der Waals surface area contributed by atoms with Gasteiger partial charge in [0.05, 0.1) is 16.7 Å². The molecule has 0 fully saturated rings. The third kappa shape index (κ3) is 4.51. The fourth-order valence-corrected chi connectivity index (χ4v) is 3.43. The van der Waals surface area contributed by atoms with E-state index in [1.165, 1.54) is 12.3 Å². The number of aromatic amines is 1. The van der Waals surface area contributed by atoms with Crippen LogP contribution in [0, 0.1) is 5.82 Å². The molecule has 0 spiro atoms. The number of hydrogen-bond donors (Lipinski definition) is 4. The van der Waals surface area contributed by atoms with Gasteiger partial charge < -0.3 is 15.6 Å². The molecule has 9 heteroatoms. The minimum atomic E-state index is -0.452. The number of aromatic nitrogens is 4. The monoisotopic (exact) mass is 433 g/mol. The molecule has 4 rings (SSSR count). The first kappa shape index (κ1) is 21.2. The van der Waals surface area contributed by atoms with Gasteiger partial charge in [-0.1, -0.05) is 0 Å². The molecule has 0 aliphatic heterocycles. The van der Waals surface area contributed by atoms with Crippen molar-refractivity contribution in [3.05, 3.63) is 54.7 Å². The standard InChI is InChI=1S/C23H24FN7O/c1-4-26-23(32)31-22-29-19-10-14(15-8-16(12-25-11-15)28-13(2)3)9-17(21(19)30-22)20-18(24)6-5-7-27-20/h5-13,28H,4H2,1-3H3,(H3,26,29,30,31,32). The van der Waals surface area contributed by atoms with Gasteiger partial charge in [-0.15, -0.1) is 0 Å². The van der Waals surface area contributed by atoms with Crippen LogP contribution >= 0.6 is 0 Å². The number of carbonyl (C=O) groups excluding carboxylic acids is 1. The number of fused-ring (bicyclic) bond motifs is 1. The Hall–Kier alpha value is -4.01. The Morgan fingerprint density at radius 3 is 2.78 bits per heavy atom. The molecular weight excluding hydrogens is 409 g/mol. The van der Waals surface area contributed by atoms with Gasteiger partial charge in [0.2, 0.25) is 5.95 Å². The van der Waals surface area contributed by atoms with Gasteiger partial charge in [0, 0.05) is 42.3 Å². The van der Waals surface area contributed by atoms with Crippen LogP contribution < -0.4 is 16.0 Å². The molecule has 3 aromatic heterocycles. The third-order valence-corrected chi connectivity index (χ3v) is 4.70. The van der Waals surface area contributed by atoms with Crippen LogP contribution in [0.3, 0.4) is 0 Å². The summed E-state index contributed by atoms with van der Waals surface area (Å²) >= 11 is 0. The Labute approximate surface area is 184 Å². The summed E-state index contributed by atoms with van der Waals surface area (Å²) in [5.41, 5.74) is 4.39. The third-order valence-electron chi connectivity index (χ3n) is 4.70. The number of H-pyrrole nitrogens is 1. The van der Waals surface area contributed by atoms with Crippen molar-refractivity contribution in [2.75, 3.05) is 17.2 Å². The Morgan fingerprint density at radius 2 is 2.03 bits per heavy atom. The average molecular weight is 433 g/mol. The second-order valence-electron chi connectivity index (χ2n) is 7.58. The van der Waals surface area contributed by atoms with Crippen LogP contribution in [0.2, 0.25) is 0 Å². The molecule has 2 amide bonds. The van der Waals surface area contributed by atoms with Gasteiger partial charge in [-0.25, -0.2) is 14.2 Å². The summed E-state index contributed by atoms with van der Waals surface area (Å²) in [5, 5.41) is 8.65. The van der Waals surface area contributed by atoms with Gasteiger partial charge in [0.15, 0.2) is 0 Å². The Kier molecular flexibility index (Phi) is 5.98. The van der Waals surface area contributed by atoms with Crippen molar-refractivity contribution in [1.29, 1.82) is 0 Å². The van der Waals surface area contributed by atoms with Gasteiger partial charge in [-0.05, 0) is 56.7 Å². The van der Waals surface area contributed by atoms with E-state index in [-0.39, 0.29) is 23.7 Å². The molecule has 0 saturated carbocycles. The lowest BCUT2D eigenvalue weighted by Gasteiger charge is -2.12. The number of halogens is 1. The molecule has 0 atom stereocenters. The first-order valence-electron chi connectivity index (χ1n) is 10.4. The topological polar surface area (TPSA) is 108 Å². The molecular formula is C23H24FN7O. The van der Waals surface area contributed by atoms with Crippen molar-refractivity contribution in [2.45, 2.75) is 26.8 Å². The normalized spacial score (nSPS) is 11.0. The lowest BCUT2D eigenvalue weighted by Crippen LogP contribution is -2.28. The fourth-order valence-electron chi connectivity index (χ4n) is 3.43. The molecule has 4 aromatic rings. The van der Waals surface area contributed by atoms with Gasteiger partial charge in [-0.3, -0.25) is 15.3 Å². The Balaban J connectivity index is 1.86. The van der Waals surface area contributed by atoms with E-state index in [4.69, 9.17) is 0 Å². The molecule has 8 nitrogen and oxygen atoms in total. The number of rotatable bonds is 6. The van der Waals surface area contributed by atoms with Crippen LogP contribution in [0.5, 0.6) is 0 Å². The molecule has 4 N–H and O–H groups in total. The number of urea groups is 1. The number of nitrogens with zero attached hydrogens (tertiary/aromatic N) is 3. The van der Waals surface area contributed by atoms with Crippen molar-refractivity contribution >= 4 is 28.7 Å². The van der Waals surface area contributed by atoms with Crippen molar-refractivity contribution < 1.29 is 9.18 Å². The number of anilines is 2. The molecule has 1 aromatic carbocycles. The van der Waals surface area contributed by atoms with Crippen LogP contribution in [-0.2, 0) is 0 Å². The van der Waals surface area contributed by atoms with E-state index >= 15 is 0 Å². The van der Waals surface area contributed by atoms with Crippen LogP contribution in [0.25, 0.3) is 33.4 Å². The van der Waals surface area contributed by atoms with Crippen molar-refractivity contribution in [3.8, 4) is 22.4 Å². The highest BCUT2D eigenvalue weighted by molar-refractivity contribution is 5.98. The molecule has 164 valence electrons. The Morgan fingerprint density at radius 1 is 1.19 bits per heavy atom. The number of nitrogens with one attached hydrogen (secondary N) is 4. The fraction of sp³-hybridized carbons (Fsp3) is 0.217. The molecule has 3 heterocycles. The van der Waals surface area contributed by atoms with Crippen molar-refractivity contribution in [1.82, 2.24) is 25.3 Å². The number of benzene rings is 1. The first-order chi connectivity index (χ1) is 15.4. The van der Waals surface area contributed by atoms with E-state index < -0.39 is 5.82 Å². The maximum Gasteiger partial charge on any atom is 0.321 e. The lowest BCUT2D eigenvalue weighted by molar-refractivity contribution is 0.252. The number of imidazole rings is 1. The second-order valence-corrected chi connectivity index (χ2v) is 7.58. The minimum Gasteiger partial charge on any atom is -0.382 e. The highest BCUT2D eigenvalue weighted by Gasteiger charge is 2.17. The summed E-state index contributed by atoms with van der Waals surface area (Å²) in [4.78, 5) is 28.1. The van der Waals surface area contributed by atoms with Crippen LogP contribution in [0.4, 0.5) is 20.8 Å². The largest absolute Gasteiger partial charge is 0.382 e. The molecule has 0 bridgehead atoms. The van der Waals surface area contributed by atoms with E-state index in [0.29, 0.717) is 23.1 Å². The van der Waals surface area contributed by atoms with Gasteiger partial charge >= 0.3 is 6.03 Å². The minimum absolute atomic E-state index is 0.192. The highest BCUT2D eigenvalue weighted by Crippen LogP contribution is 2.34. The summed E-state index contributed by atoms with van der Waals surface area (Å²) in [7, 11) is 0. The van der Waals surface area contributed by atoms with Gasteiger partial charge in [-0.2, -0.15) is 0 Å². The summed E-state index contributed by atoms with van der Waals surface area (Å²) in [6.07, 6.45) is 5.03. The van der Waals surface area contributed by atoms with Crippen molar-refractivity contribution in [3.63, 3.8) is 0 Å². The molecule has 0 saturated heterocycles. The zero-order valence-corrected chi connectivity index (χ0v) is 18.0. The SMILES string of the molecule is CCNC(=O)Nc1nc2cc(-c3cncc(NC(C)C)c3)cc(-c3ncccc3F)c2[nH]1. The van der Waals surface area contributed by atoms with E-state index in [0.717, 1.165) is 16.8 Å². The summed E-state index contributed by atoms with van der Waals surface area (Å²) < 4.78 is 14.7. The number of pyridine rings is 2. The summed E-state index contributed by atoms with van der Waals surface area (Å²) in [6, 6.07) is 8.47. The van der Waals surface area contributed by atoms with Crippen LogP contribution in [-0.4, -0.2) is 38.6 Å². The number of carbonyl (C=O) groups is 1. The van der Waals surface area contributed by atoms with Crippen LogP contribution in [0.15, 0.2) is 48.9 Å². The highest BCUT2D eigenvalue weighted by atomic mass is 19.1. The van der Waals surface area contributed by atoms with E-state index in [1.807, 2.05) is 39.0 Å². The molecule has 0 unspecified atom stereocenters. The molecule has 32 heavy (non-hydrogen) atoms. The zero-order chi connectivity index (χ0) is 22.7. The van der Waals surface area contributed by atoms with Gasteiger partial charge in [0.1, 0.15) is 11.5 Å². The Bertz CT molecular complexity index is 1270. The predicted molar refractivity (Wildman–Crippen MR) is 124 cm³/mol. The average Bonchev–Trinajstić information content (AvgIpc) is 3.15. The van der Waals surface area contributed by atoms with Gasteiger partial charge in [0.25, 0.3) is 0 Å². The second kappa shape index (κ2) is 9.01. The summed E-state index contributed by atoms with van der Waals surface area (Å²) in [5.74, 6) is -0.193. The molecule has 0 radical (unpaired) electrons.